The first kappa shape index (κ1) is 9.01. The van der Waals surface area contributed by atoms with E-state index in [4.69, 9.17) is 0 Å². The second kappa shape index (κ2) is 4.07. The summed E-state index contributed by atoms with van der Waals surface area (Å²) in [5, 5.41) is 12.6. The largest absolute Gasteiger partial charge is 0.394 e. The summed E-state index contributed by atoms with van der Waals surface area (Å²) in [4.78, 5) is 0. The van der Waals surface area contributed by atoms with Crippen molar-refractivity contribution in [2.75, 3.05) is 13.2 Å². The Morgan fingerprint density at radius 1 is 1.45 bits per heavy atom. The van der Waals surface area contributed by atoms with Crippen LogP contribution in [0.1, 0.15) is 39.0 Å². The molecule has 1 aliphatic rings. The Labute approximate surface area is 69.0 Å². The first-order chi connectivity index (χ1) is 5.33. The van der Waals surface area contributed by atoms with E-state index < -0.39 is 0 Å². The van der Waals surface area contributed by atoms with Crippen LogP contribution in [0.5, 0.6) is 0 Å². The highest BCUT2D eigenvalue weighted by Crippen LogP contribution is 2.23. The lowest BCUT2D eigenvalue weighted by atomic mass is 9.86. The Morgan fingerprint density at radius 2 is 2.27 bits per heavy atom. The third kappa shape index (κ3) is 2.17. The van der Waals surface area contributed by atoms with Crippen molar-refractivity contribution >= 4 is 0 Å². The summed E-state index contributed by atoms with van der Waals surface area (Å²) in [5.41, 5.74) is 0.0764. The number of hydrogen-bond acceptors (Lipinski definition) is 2. The maximum Gasteiger partial charge on any atom is 0.0613 e. The van der Waals surface area contributed by atoms with E-state index in [9.17, 15) is 5.11 Å². The predicted molar refractivity (Wildman–Crippen MR) is 46.6 cm³/mol. The van der Waals surface area contributed by atoms with Gasteiger partial charge in [0, 0.05) is 5.54 Å². The lowest BCUT2D eigenvalue weighted by Crippen LogP contribution is -2.51. The zero-order chi connectivity index (χ0) is 8.16. The molecule has 0 aromatic rings. The standard InChI is InChI=1S/C9H19NO/c1-2-5-9(8-11)6-3-4-7-10-9/h10-11H,2-8H2,1H3. The summed E-state index contributed by atoms with van der Waals surface area (Å²) in [6, 6.07) is 0. The molecule has 0 bridgehead atoms. The molecule has 0 amide bonds. The van der Waals surface area contributed by atoms with E-state index >= 15 is 0 Å². The van der Waals surface area contributed by atoms with E-state index in [-0.39, 0.29) is 5.54 Å². The third-order valence-corrected chi connectivity index (χ3v) is 2.61. The van der Waals surface area contributed by atoms with Crippen LogP contribution in [0, 0.1) is 0 Å². The fourth-order valence-corrected chi connectivity index (χ4v) is 1.94. The molecule has 1 heterocycles. The molecule has 2 N–H and O–H groups in total. The van der Waals surface area contributed by atoms with Crippen molar-refractivity contribution in [2.45, 2.75) is 44.6 Å². The summed E-state index contributed by atoms with van der Waals surface area (Å²) >= 11 is 0. The number of nitrogens with one attached hydrogen (secondary N) is 1. The number of hydrogen-bond donors (Lipinski definition) is 2. The number of aliphatic hydroxyl groups is 1. The number of rotatable bonds is 3. The van der Waals surface area contributed by atoms with E-state index in [0.717, 1.165) is 25.8 Å². The Balaban J connectivity index is 2.42. The van der Waals surface area contributed by atoms with Gasteiger partial charge in [-0.25, -0.2) is 0 Å². The summed E-state index contributed by atoms with van der Waals surface area (Å²) in [7, 11) is 0. The van der Waals surface area contributed by atoms with Crippen molar-refractivity contribution in [2.24, 2.45) is 0 Å². The molecule has 1 rings (SSSR count). The lowest BCUT2D eigenvalue weighted by Gasteiger charge is -2.36. The normalized spacial score (nSPS) is 32.2. The van der Waals surface area contributed by atoms with E-state index in [2.05, 4.69) is 12.2 Å². The smallest absolute Gasteiger partial charge is 0.0613 e. The lowest BCUT2D eigenvalue weighted by molar-refractivity contribution is 0.123. The molecule has 1 aliphatic heterocycles. The summed E-state index contributed by atoms with van der Waals surface area (Å²) in [6.45, 7) is 3.56. The molecule has 0 radical (unpaired) electrons. The van der Waals surface area contributed by atoms with Gasteiger partial charge in [-0.1, -0.05) is 19.8 Å². The van der Waals surface area contributed by atoms with Gasteiger partial charge in [-0.2, -0.15) is 0 Å². The minimum atomic E-state index is 0.0764. The zero-order valence-corrected chi connectivity index (χ0v) is 7.40. The maximum absolute atomic E-state index is 9.21. The van der Waals surface area contributed by atoms with Crippen LogP contribution in [0.4, 0.5) is 0 Å². The van der Waals surface area contributed by atoms with Crippen LogP contribution < -0.4 is 5.32 Å². The molecule has 1 unspecified atom stereocenters. The average Bonchev–Trinajstić information content (AvgIpc) is 2.07. The van der Waals surface area contributed by atoms with E-state index in [0.29, 0.717) is 6.61 Å². The molecule has 0 aliphatic carbocycles. The predicted octanol–water partition coefficient (Wildman–Crippen LogP) is 1.29. The van der Waals surface area contributed by atoms with Gasteiger partial charge in [0.25, 0.3) is 0 Å². The molecule has 1 saturated heterocycles. The highest BCUT2D eigenvalue weighted by molar-refractivity contribution is 4.89. The van der Waals surface area contributed by atoms with Crippen LogP contribution in [0.3, 0.4) is 0 Å². The van der Waals surface area contributed by atoms with Gasteiger partial charge in [-0.15, -0.1) is 0 Å². The molecule has 1 atom stereocenters. The summed E-state index contributed by atoms with van der Waals surface area (Å²) in [6.07, 6.45) is 5.97. The van der Waals surface area contributed by atoms with E-state index in [1.165, 1.54) is 12.8 Å². The summed E-state index contributed by atoms with van der Waals surface area (Å²) < 4.78 is 0. The van der Waals surface area contributed by atoms with Gasteiger partial charge in [-0.05, 0) is 25.8 Å². The fraction of sp³-hybridized carbons (Fsp3) is 1.00. The Bertz CT molecular complexity index is 103. The van der Waals surface area contributed by atoms with Crippen LogP contribution in [-0.2, 0) is 0 Å². The van der Waals surface area contributed by atoms with Gasteiger partial charge < -0.3 is 10.4 Å². The number of aliphatic hydroxyl groups excluding tert-OH is 1. The van der Waals surface area contributed by atoms with Crippen LogP contribution in [0.15, 0.2) is 0 Å². The molecule has 0 aromatic carbocycles. The van der Waals surface area contributed by atoms with Crippen molar-refractivity contribution in [3.8, 4) is 0 Å². The molecular weight excluding hydrogens is 138 g/mol. The monoisotopic (exact) mass is 157 g/mol. The molecule has 66 valence electrons. The van der Waals surface area contributed by atoms with Crippen molar-refractivity contribution < 1.29 is 5.11 Å². The van der Waals surface area contributed by atoms with Gasteiger partial charge in [0.05, 0.1) is 6.61 Å². The summed E-state index contributed by atoms with van der Waals surface area (Å²) in [5.74, 6) is 0. The van der Waals surface area contributed by atoms with Crippen molar-refractivity contribution in [3.05, 3.63) is 0 Å². The highest BCUT2D eigenvalue weighted by atomic mass is 16.3. The maximum atomic E-state index is 9.21. The van der Waals surface area contributed by atoms with E-state index in [1.807, 2.05) is 0 Å². The highest BCUT2D eigenvalue weighted by Gasteiger charge is 2.29. The van der Waals surface area contributed by atoms with Crippen LogP contribution in [0.2, 0.25) is 0 Å². The Morgan fingerprint density at radius 3 is 2.73 bits per heavy atom. The molecule has 1 fully saturated rings. The van der Waals surface area contributed by atoms with Gasteiger partial charge in [0.2, 0.25) is 0 Å². The third-order valence-electron chi connectivity index (χ3n) is 2.61. The SMILES string of the molecule is CCCC1(CO)CCCCN1. The quantitative estimate of drug-likeness (QED) is 0.647. The molecule has 2 heteroatoms. The second-order valence-corrected chi connectivity index (χ2v) is 3.57. The van der Waals surface area contributed by atoms with Gasteiger partial charge >= 0.3 is 0 Å². The van der Waals surface area contributed by atoms with Crippen LogP contribution >= 0.6 is 0 Å². The fourth-order valence-electron chi connectivity index (χ4n) is 1.94. The van der Waals surface area contributed by atoms with Crippen LogP contribution in [0.25, 0.3) is 0 Å². The molecule has 11 heavy (non-hydrogen) atoms. The average molecular weight is 157 g/mol. The topological polar surface area (TPSA) is 32.3 Å². The minimum Gasteiger partial charge on any atom is -0.394 e. The van der Waals surface area contributed by atoms with Gasteiger partial charge in [0.15, 0.2) is 0 Å². The molecule has 0 saturated carbocycles. The van der Waals surface area contributed by atoms with Crippen LogP contribution in [-0.4, -0.2) is 23.8 Å². The molecule has 0 spiro atoms. The number of piperidine rings is 1. The van der Waals surface area contributed by atoms with Crippen molar-refractivity contribution in [3.63, 3.8) is 0 Å². The first-order valence-corrected chi connectivity index (χ1v) is 4.69. The zero-order valence-electron chi connectivity index (χ0n) is 7.40. The van der Waals surface area contributed by atoms with Gasteiger partial charge in [0.1, 0.15) is 0 Å². The molecule has 0 aromatic heterocycles. The Kier molecular flexibility index (Phi) is 3.34. The first-order valence-electron chi connectivity index (χ1n) is 4.69. The van der Waals surface area contributed by atoms with Crippen molar-refractivity contribution in [1.29, 1.82) is 0 Å². The molecular formula is C9H19NO. The molecule has 2 nitrogen and oxygen atoms in total. The Hall–Kier alpha value is -0.0800. The van der Waals surface area contributed by atoms with Crippen molar-refractivity contribution in [1.82, 2.24) is 5.32 Å². The van der Waals surface area contributed by atoms with E-state index in [1.54, 1.807) is 0 Å². The second-order valence-electron chi connectivity index (χ2n) is 3.57. The minimum absolute atomic E-state index is 0.0764. The van der Waals surface area contributed by atoms with Gasteiger partial charge in [-0.3, -0.25) is 0 Å².